The molecule has 2 N–H and O–H groups in total. The third-order valence-electron chi connectivity index (χ3n) is 5.04. The van der Waals surface area contributed by atoms with Gasteiger partial charge in [0, 0.05) is 30.3 Å². The number of hydrogen-bond donors (Lipinski definition) is 2. The lowest BCUT2D eigenvalue weighted by Crippen LogP contribution is -2.33. The summed E-state index contributed by atoms with van der Waals surface area (Å²) in [6.07, 6.45) is -4.52. The van der Waals surface area contributed by atoms with Crippen LogP contribution in [0.15, 0.2) is 42.5 Å². The molecule has 0 bridgehead atoms. The van der Waals surface area contributed by atoms with E-state index in [4.69, 9.17) is 9.47 Å². The van der Waals surface area contributed by atoms with Gasteiger partial charge in [0.15, 0.2) is 0 Å². The zero-order chi connectivity index (χ0) is 24.2. The van der Waals surface area contributed by atoms with Gasteiger partial charge >= 0.3 is 6.18 Å². The van der Waals surface area contributed by atoms with E-state index in [9.17, 15) is 27.6 Å². The normalized spacial score (nSPS) is 15.8. The molecule has 1 heterocycles. The summed E-state index contributed by atoms with van der Waals surface area (Å²) >= 11 is 0. The van der Waals surface area contributed by atoms with Crippen molar-refractivity contribution in [3.63, 3.8) is 0 Å². The molecule has 0 aliphatic carbocycles. The van der Waals surface area contributed by atoms with Gasteiger partial charge in [-0.3, -0.25) is 14.4 Å². The van der Waals surface area contributed by atoms with Crippen molar-refractivity contribution in [2.45, 2.75) is 12.6 Å². The number of ether oxygens (including phenoxy) is 2. The smallest absolute Gasteiger partial charge is 0.405 e. The summed E-state index contributed by atoms with van der Waals surface area (Å²) in [6, 6.07) is 10.4. The monoisotopic (exact) mass is 465 g/mol. The maximum atomic E-state index is 12.7. The largest absolute Gasteiger partial charge is 0.497 e. The van der Waals surface area contributed by atoms with Gasteiger partial charge in [0.2, 0.25) is 11.8 Å². The summed E-state index contributed by atoms with van der Waals surface area (Å²) in [4.78, 5) is 38.5. The molecule has 0 radical (unpaired) electrons. The zero-order valence-corrected chi connectivity index (χ0v) is 17.9. The van der Waals surface area contributed by atoms with E-state index in [1.165, 1.54) is 43.4 Å². The number of carbonyl (C=O) groups excluding carboxylic acids is 3. The summed E-state index contributed by atoms with van der Waals surface area (Å²) in [7, 11) is 2.97. The van der Waals surface area contributed by atoms with E-state index in [0.717, 1.165) is 0 Å². The number of alkyl halides is 3. The molecular weight excluding hydrogens is 443 g/mol. The second-order valence-corrected chi connectivity index (χ2v) is 7.31. The molecule has 11 heteroatoms. The topological polar surface area (TPSA) is 97.0 Å². The Labute approximate surface area is 187 Å². The Morgan fingerprint density at radius 3 is 2.39 bits per heavy atom. The molecule has 1 aliphatic heterocycles. The van der Waals surface area contributed by atoms with Gasteiger partial charge in [0.05, 0.1) is 25.8 Å². The van der Waals surface area contributed by atoms with E-state index in [-0.39, 0.29) is 24.4 Å². The highest BCUT2D eigenvalue weighted by molar-refractivity contribution is 6.04. The van der Waals surface area contributed by atoms with E-state index in [1.807, 2.05) is 0 Å². The van der Waals surface area contributed by atoms with Gasteiger partial charge in [-0.05, 0) is 36.4 Å². The molecule has 2 aromatic rings. The average Bonchev–Trinajstić information content (AvgIpc) is 3.18. The van der Waals surface area contributed by atoms with Crippen LogP contribution in [0.4, 0.5) is 24.5 Å². The molecule has 176 valence electrons. The number of nitrogens with zero attached hydrogens (tertiary/aromatic N) is 1. The van der Waals surface area contributed by atoms with Crippen LogP contribution in [-0.2, 0) is 9.59 Å². The Hall–Kier alpha value is -3.76. The van der Waals surface area contributed by atoms with E-state index < -0.39 is 30.5 Å². The lowest BCUT2D eigenvalue weighted by Gasteiger charge is -2.20. The fourth-order valence-electron chi connectivity index (χ4n) is 3.36. The van der Waals surface area contributed by atoms with Crippen LogP contribution in [0.25, 0.3) is 0 Å². The van der Waals surface area contributed by atoms with Gasteiger partial charge in [-0.2, -0.15) is 13.2 Å². The van der Waals surface area contributed by atoms with Crippen molar-refractivity contribution in [3.05, 3.63) is 48.0 Å². The summed E-state index contributed by atoms with van der Waals surface area (Å²) < 4.78 is 47.2. The summed E-state index contributed by atoms with van der Waals surface area (Å²) in [5, 5.41) is 4.44. The quantitative estimate of drug-likeness (QED) is 0.656. The first-order valence-corrected chi connectivity index (χ1v) is 9.89. The van der Waals surface area contributed by atoms with Crippen molar-refractivity contribution in [2.75, 3.05) is 37.5 Å². The Morgan fingerprint density at radius 1 is 1.09 bits per heavy atom. The maximum absolute atomic E-state index is 12.7. The van der Waals surface area contributed by atoms with Gasteiger partial charge in [-0.25, -0.2) is 0 Å². The molecule has 0 spiro atoms. The Morgan fingerprint density at radius 2 is 1.79 bits per heavy atom. The second kappa shape index (κ2) is 9.80. The molecule has 1 atom stereocenters. The number of methoxy groups -OCH3 is 2. The van der Waals surface area contributed by atoms with Crippen molar-refractivity contribution in [2.24, 2.45) is 5.92 Å². The third-order valence-corrected chi connectivity index (χ3v) is 5.04. The molecule has 1 saturated heterocycles. The number of carbonyl (C=O) groups is 3. The fourth-order valence-corrected chi connectivity index (χ4v) is 3.36. The van der Waals surface area contributed by atoms with Crippen molar-refractivity contribution >= 4 is 29.1 Å². The van der Waals surface area contributed by atoms with Crippen LogP contribution in [0.5, 0.6) is 11.5 Å². The van der Waals surface area contributed by atoms with Crippen molar-refractivity contribution in [1.29, 1.82) is 0 Å². The Kier molecular flexibility index (Phi) is 7.10. The third kappa shape index (κ3) is 5.93. The highest BCUT2D eigenvalue weighted by Gasteiger charge is 2.36. The lowest BCUT2D eigenvalue weighted by molar-refractivity contribution is -0.123. The first-order valence-electron chi connectivity index (χ1n) is 9.89. The fraction of sp³-hybridized carbons (Fsp3) is 0.318. The van der Waals surface area contributed by atoms with Gasteiger partial charge < -0.3 is 25.0 Å². The van der Waals surface area contributed by atoms with Crippen LogP contribution >= 0.6 is 0 Å². The predicted octanol–water partition coefficient (Wildman–Crippen LogP) is 2.99. The highest BCUT2D eigenvalue weighted by atomic mass is 19.4. The number of benzene rings is 2. The van der Waals surface area contributed by atoms with Crippen molar-refractivity contribution < 1.29 is 37.0 Å². The van der Waals surface area contributed by atoms with E-state index in [0.29, 0.717) is 22.9 Å². The van der Waals surface area contributed by atoms with Crippen molar-refractivity contribution in [3.8, 4) is 11.5 Å². The maximum Gasteiger partial charge on any atom is 0.405 e. The molecule has 2 aromatic carbocycles. The first-order chi connectivity index (χ1) is 15.6. The van der Waals surface area contributed by atoms with E-state index in [1.54, 1.807) is 23.5 Å². The number of anilines is 2. The molecule has 0 saturated carbocycles. The minimum Gasteiger partial charge on any atom is -0.497 e. The highest BCUT2D eigenvalue weighted by Crippen LogP contribution is 2.36. The van der Waals surface area contributed by atoms with Crippen LogP contribution < -0.4 is 25.0 Å². The number of halogens is 3. The molecule has 8 nitrogen and oxygen atoms in total. The predicted molar refractivity (Wildman–Crippen MR) is 113 cm³/mol. The summed E-state index contributed by atoms with van der Waals surface area (Å²) in [6.45, 7) is -1.30. The van der Waals surface area contributed by atoms with Crippen LogP contribution in [0.3, 0.4) is 0 Å². The molecule has 1 fully saturated rings. The van der Waals surface area contributed by atoms with Crippen LogP contribution in [0.2, 0.25) is 0 Å². The number of hydrogen-bond acceptors (Lipinski definition) is 5. The van der Waals surface area contributed by atoms with Gasteiger partial charge in [-0.1, -0.05) is 0 Å². The minimum absolute atomic E-state index is 0.00979. The van der Waals surface area contributed by atoms with E-state index >= 15 is 0 Å². The Bertz CT molecular complexity index is 1040. The molecule has 33 heavy (non-hydrogen) atoms. The lowest BCUT2D eigenvalue weighted by atomic mass is 10.1. The first kappa shape index (κ1) is 23.9. The molecule has 1 unspecified atom stereocenters. The molecule has 1 aliphatic rings. The molecule has 0 aromatic heterocycles. The second-order valence-electron chi connectivity index (χ2n) is 7.31. The average molecular weight is 465 g/mol. The van der Waals surface area contributed by atoms with Crippen LogP contribution in [0.1, 0.15) is 16.8 Å². The molecule has 3 amide bonds. The van der Waals surface area contributed by atoms with Crippen molar-refractivity contribution in [1.82, 2.24) is 5.32 Å². The molecule has 3 rings (SSSR count). The number of rotatable bonds is 7. The van der Waals surface area contributed by atoms with Gasteiger partial charge in [-0.15, -0.1) is 0 Å². The zero-order valence-electron chi connectivity index (χ0n) is 17.9. The summed E-state index contributed by atoms with van der Waals surface area (Å²) in [5.41, 5.74) is 0.855. The summed E-state index contributed by atoms with van der Waals surface area (Å²) in [5.74, 6) is -1.17. The van der Waals surface area contributed by atoms with E-state index in [2.05, 4.69) is 5.32 Å². The number of amides is 3. The Balaban J connectivity index is 1.64. The van der Waals surface area contributed by atoms with Crippen LogP contribution in [-0.4, -0.2) is 51.2 Å². The molecular formula is C22H22F3N3O5. The van der Waals surface area contributed by atoms with Gasteiger partial charge in [0.1, 0.15) is 18.0 Å². The minimum atomic E-state index is -4.51. The van der Waals surface area contributed by atoms with Gasteiger partial charge in [0.25, 0.3) is 5.91 Å². The van der Waals surface area contributed by atoms with Crippen LogP contribution in [0, 0.1) is 5.92 Å². The standard InChI is InChI=1S/C22H22F3N3O5/c1-32-16-7-8-18(33-2)17(10-16)28-11-14(9-19(28)29)21(31)27-15-5-3-13(4-6-15)20(30)26-12-22(23,24)25/h3-8,10,14H,9,11-12H2,1-2H3,(H,26,30)(H,27,31). The number of nitrogens with one attached hydrogen (secondary N) is 2. The SMILES string of the molecule is COc1ccc(OC)c(N2CC(C(=O)Nc3ccc(C(=O)NCC(F)(F)F)cc3)CC2=O)c1.